The Morgan fingerprint density at radius 3 is 2.89 bits per heavy atom. The summed E-state index contributed by atoms with van der Waals surface area (Å²) in [5, 5.41) is 3.05. The summed E-state index contributed by atoms with van der Waals surface area (Å²) in [7, 11) is 0. The second-order valence-electron chi connectivity index (χ2n) is 4.88. The maximum atomic E-state index is 12.1. The van der Waals surface area contributed by atoms with Crippen molar-refractivity contribution in [3.63, 3.8) is 0 Å². The van der Waals surface area contributed by atoms with Crippen LogP contribution in [0.3, 0.4) is 0 Å². The highest BCUT2D eigenvalue weighted by atomic mass is 79.9. The van der Waals surface area contributed by atoms with E-state index in [0.29, 0.717) is 10.7 Å². The molecule has 0 radical (unpaired) electrons. The summed E-state index contributed by atoms with van der Waals surface area (Å²) in [6, 6.07) is 5.80. The predicted octanol–water partition coefficient (Wildman–Crippen LogP) is 4.05. The molecular formula is C14H17Br2NO. The lowest BCUT2D eigenvalue weighted by Crippen LogP contribution is -2.31. The molecule has 98 valence electrons. The van der Waals surface area contributed by atoms with Crippen LogP contribution in [0.2, 0.25) is 0 Å². The van der Waals surface area contributed by atoms with Gasteiger partial charge in [-0.05, 0) is 43.4 Å². The first-order valence-electron chi connectivity index (χ1n) is 6.26. The highest BCUT2D eigenvalue weighted by Crippen LogP contribution is 2.30. The summed E-state index contributed by atoms with van der Waals surface area (Å²) in [5.74, 6) is 0.599. The van der Waals surface area contributed by atoms with E-state index in [1.54, 1.807) is 0 Å². The highest BCUT2D eigenvalue weighted by molar-refractivity contribution is 9.10. The summed E-state index contributed by atoms with van der Waals surface area (Å²) in [6.45, 7) is 2.73. The Hall–Kier alpha value is -0.350. The van der Waals surface area contributed by atoms with Gasteiger partial charge in [0.15, 0.2) is 0 Å². The number of alkyl halides is 1. The van der Waals surface area contributed by atoms with Gasteiger partial charge in [0.05, 0.1) is 0 Å². The van der Waals surface area contributed by atoms with E-state index in [-0.39, 0.29) is 5.91 Å². The van der Waals surface area contributed by atoms with Gasteiger partial charge in [-0.2, -0.15) is 0 Å². The molecule has 2 rings (SSSR count). The van der Waals surface area contributed by atoms with Crippen molar-refractivity contribution in [2.24, 2.45) is 5.92 Å². The van der Waals surface area contributed by atoms with Gasteiger partial charge in [-0.15, -0.1) is 0 Å². The fraction of sp³-hybridized carbons (Fsp3) is 0.500. The number of halogens is 2. The number of carbonyl (C=O) groups is 1. The second kappa shape index (κ2) is 6.20. The van der Waals surface area contributed by atoms with Crippen molar-refractivity contribution in [2.45, 2.75) is 31.0 Å². The molecular weight excluding hydrogens is 358 g/mol. The third kappa shape index (κ3) is 3.35. The van der Waals surface area contributed by atoms with Crippen LogP contribution in [0.25, 0.3) is 0 Å². The molecule has 1 aromatic carbocycles. The summed E-state index contributed by atoms with van der Waals surface area (Å²) in [5.41, 5.74) is 1.77. The average Bonchev–Trinajstić information content (AvgIpc) is 2.75. The molecule has 1 N–H and O–H groups in total. The number of aryl methyl sites for hydroxylation is 1. The number of carbonyl (C=O) groups excluding carboxylic acids is 1. The van der Waals surface area contributed by atoms with E-state index in [9.17, 15) is 4.79 Å². The number of benzene rings is 1. The van der Waals surface area contributed by atoms with E-state index < -0.39 is 0 Å². The molecule has 2 nitrogen and oxygen atoms in total. The summed E-state index contributed by atoms with van der Waals surface area (Å²) >= 11 is 7.08. The molecule has 1 aromatic rings. The number of amides is 1. The minimum Gasteiger partial charge on any atom is -0.352 e. The van der Waals surface area contributed by atoms with E-state index in [1.165, 1.54) is 19.3 Å². The van der Waals surface area contributed by atoms with Crippen molar-refractivity contribution >= 4 is 37.8 Å². The van der Waals surface area contributed by atoms with Gasteiger partial charge in [-0.25, -0.2) is 0 Å². The fourth-order valence-electron chi connectivity index (χ4n) is 2.38. The maximum absolute atomic E-state index is 12.1. The second-order valence-corrected chi connectivity index (χ2v) is 6.97. The smallest absolute Gasteiger partial charge is 0.251 e. The number of nitrogens with one attached hydrogen (secondary N) is 1. The number of rotatable bonds is 3. The van der Waals surface area contributed by atoms with Gasteiger partial charge >= 0.3 is 0 Å². The molecule has 0 aromatic heterocycles. The Morgan fingerprint density at radius 2 is 2.22 bits per heavy atom. The van der Waals surface area contributed by atoms with Crippen LogP contribution in [0, 0.1) is 12.8 Å². The lowest BCUT2D eigenvalue weighted by molar-refractivity contribution is 0.0947. The Kier molecular flexibility index (Phi) is 4.84. The van der Waals surface area contributed by atoms with Gasteiger partial charge in [0.1, 0.15) is 0 Å². The van der Waals surface area contributed by atoms with Gasteiger partial charge in [0.2, 0.25) is 0 Å². The highest BCUT2D eigenvalue weighted by Gasteiger charge is 2.25. The molecule has 18 heavy (non-hydrogen) atoms. The zero-order valence-corrected chi connectivity index (χ0v) is 13.6. The van der Waals surface area contributed by atoms with Gasteiger partial charge in [0.25, 0.3) is 5.91 Å². The third-order valence-electron chi connectivity index (χ3n) is 3.54. The van der Waals surface area contributed by atoms with Crippen molar-refractivity contribution in [2.75, 3.05) is 6.54 Å². The normalized spacial score (nSPS) is 23.1. The Bertz CT molecular complexity index is 447. The Labute approximate surface area is 125 Å². The molecule has 1 fully saturated rings. The maximum Gasteiger partial charge on any atom is 0.251 e. The molecule has 0 spiro atoms. The summed E-state index contributed by atoms with van der Waals surface area (Å²) in [4.78, 5) is 12.7. The first-order chi connectivity index (χ1) is 8.58. The lowest BCUT2D eigenvalue weighted by Gasteiger charge is -2.15. The minimum atomic E-state index is 0.0281. The van der Waals surface area contributed by atoms with Gasteiger partial charge in [-0.3, -0.25) is 4.79 Å². The minimum absolute atomic E-state index is 0.0281. The molecule has 0 saturated heterocycles. The monoisotopic (exact) mass is 373 g/mol. The molecule has 0 bridgehead atoms. The van der Waals surface area contributed by atoms with Crippen molar-refractivity contribution in [3.8, 4) is 0 Å². The van der Waals surface area contributed by atoms with Crippen molar-refractivity contribution in [1.82, 2.24) is 5.32 Å². The van der Waals surface area contributed by atoms with Crippen LogP contribution in [0.5, 0.6) is 0 Å². The van der Waals surface area contributed by atoms with Crippen LogP contribution in [0.1, 0.15) is 35.2 Å². The first kappa shape index (κ1) is 14.1. The van der Waals surface area contributed by atoms with E-state index in [4.69, 9.17) is 0 Å². The largest absolute Gasteiger partial charge is 0.352 e. The van der Waals surface area contributed by atoms with Crippen molar-refractivity contribution in [1.29, 1.82) is 0 Å². The third-order valence-corrected chi connectivity index (χ3v) is 5.23. The summed E-state index contributed by atoms with van der Waals surface area (Å²) < 4.78 is 0.942. The van der Waals surface area contributed by atoms with Crippen LogP contribution in [0.4, 0.5) is 0 Å². The molecule has 0 aliphatic heterocycles. The molecule has 1 aliphatic rings. The molecule has 2 atom stereocenters. The van der Waals surface area contributed by atoms with Crippen LogP contribution < -0.4 is 5.32 Å². The first-order valence-corrected chi connectivity index (χ1v) is 7.97. The number of hydrogen-bond acceptors (Lipinski definition) is 1. The zero-order chi connectivity index (χ0) is 13.1. The van der Waals surface area contributed by atoms with Crippen molar-refractivity contribution < 1.29 is 4.79 Å². The lowest BCUT2D eigenvalue weighted by atomic mass is 10.1. The Balaban J connectivity index is 1.97. The van der Waals surface area contributed by atoms with Gasteiger partial charge in [-0.1, -0.05) is 44.3 Å². The molecule has 1 aliphatic carbocycles. The molecule has 1 amide bonds. The Morgan fingerprint density at radius 1 is 1.44 bits per heavy atom. The quantitative estimate of drug-likeness (QED) is 0.794. The number of hydrogen-bond donors (Lipinski definition) is 1. The summed E-state index contributed by atoms with van der Waals surface area (Å²) in [6.07, 6.45) is 3.68. The topological polar surface area (TPSA) is 29.1 Å². The molecule has 4 heteroatoms. The molecule has 1 saturated carbocycles. The molecule has 2 unspecified atom stereocenters. The van der Waals surface area contributed by atoms with E-state index in [1.807, 2.05) is 25.1 Å². The van der Waals surface area contributed by atoms with E-state index in [2.05, 4.69) is 37.2 Å². The zero-order valence-electron chi connectivity index (χ0n) is 10.4. The van der Waals surface area contributed by atoms with Crippen LogP contribution in [-0.2, 0) is 0 Å². The van der Waals surface area contributed by atoms with Crippen LogP contribution >= 0.6 is 31.9 Å². The SMILES string of the molecule is Cc1ccc(Br)cc1C(=O)NCC1CCCC1Br. The van der Waals surface area contributed by atoms with E-state index in [0.717, 1.165) is 22.1 Å². The predicted molar refractivity (Wildman–Crippen MR) is 81.3 cm³/mol. The van der Waals surface area contributed by atoms with Crippen LogP contribution in [-0.4, -0.2) is 17.3 Å². The average molecular weight is 375 g/mol. The van der Waals surface area contributed by atoms with Gasteiger partial charge in [0, 0.05) is 21.4 Å². The van der Waals surface area contributed by atoms with Crippen molar-refractivity contribution in [3.05, 3.63) is 33.8 Å². The fourth-order valence-corrected chi connectivity index (χ4v) is 3.52. The van der Waals surface area contributed by atoms with Gasteiger partial charge < -0.3 is 5.32 Å². The van der Waals surface area contributed by atoms with E-state index >= 15 is 0 Å². The standard InChI is InChI=1S/C14H17Br2NO/c1-9-5-6-11(15)7-12(9)14(18)17-8-10-3-2-4-13(10)16/h5-7,10,13H,2-4,8H2,1H3,(H,17,18). The molecule has 0 heterocycles. The van der Waals surface area contributed by atoms with Crippen LogP contribution in [0.15, 0.2) is 22.7 Å².